The largest absolute Gasteiger partial charge is 0.378 e. The van der Waals surface area contributed by atoms with Gasteiger partial charge in [-0.2, -0.15) is 0 Å². The highest BCUT2D eigenvalue weighted by Crippen LogP contribution is 2.19. The summed E-state index contributed by atoms with van der Waals surface area (Å²) in [7, 11) is 0. The molecule has 1 N–H and O–H groups in total. The van der Waals surface area contributed by atoms with Crippen LogP contribution in [0.3, 0.4) is 0 Å². The van der Waals surface area contributed by atoms with Crippen molar-refractivity contribution in [2.45, 2.75) is 0 Å². The molecular formula is C18H17N5O2. The van der Waals surface area contributed by atoms with Gasteiger partial charge in [0.15, 0.2) is 0 Å². The summed E-state index contributed by atoms with van der Waals surface area (Å²) in [4.78, 5) is 18.9. The third-order valence-electron chi connectivity index (χ3n) is 4.07. The Hall–Kier alpha value is -3.06. The smallest absolute Gasteiger partial charge is 0.295 e. The normalized spacial score (nSPS) is 14.5. The molecule has 25 heavy (non-hydrogen) atoms. The molecule has 1 saturated heterocycles. The number of amides is 1. The van der Waals surface area contributed by atoms with E-state index < -0.39 is 0 Å². The zero-order valence-electron chi connectivity index (χ0n) is 13.6. The van der Waals surface area contributed by atoms with Crippen LogP contribution >= 0.6 is 0 Å². The van der Waals surface area contributed by atoms with Crippen LogP contribution in [-0.2, 0) is 4.74 Å². The molecule has 0 bridgehead atoms. The van der Waals surface area contributed by atoms with E-state index in [4.69, 9.17) is 4.74 Å². The Morgan fingerprint density at radius 1 is 0.960 bits per heavy atom. The van der Waals surface area contributed by atoms with Gasteiger partial charge in [0.05, 0.1) is 18.7 Å². The predicted molar refractivity (Wildman–Crippen MR) is 94.8 cm³/mol. The Balaban J connectivity index is 1.47. The molecule has 1 amide bonds. The number of nitrogens with one attached hydrogen (secondary N) is 1. The number of benzene rings is 2. The Kier molecular flexibility index (Phi) is 4.22. The van der Waals surface area contributed by atoms with Crippen molar-refractivity contribution in [3.8, 4) is 0 Å². The molecule has 4 rings (SSSR count). The molecule has 1 aromatic heterocycles. The predicted octanol–water partition coefficient (Wildman–Crippen LogP) is 2.11. The number of aromatic nitrogens is 3. The minimum absolute atomic E-state index is 0.0518. The fourth-order valence-corrected chi connectivity index (χ4v) is 2.74. The van der Waals surface area contributed by atoms with Crippen LogP contribution in [0.4, 0.5) is 11.4 Å². The van der Waals surface area contributed by atoms with Crippen LogP contribution < -0.4 is 10.2 Å². The zero-order valence-corrected chi connectivity index (χ0v) is 13.6. The molecule has 0 unspecified atom stereocenters. The van der Waals surface area contributed by atoms with Gasteiger partial charge in [-0.3, -0.25) is 4.79 Å². The monoisotopic (exact) mass is 335 g/mol. The van der Waals surface area contributed by atoms with E-state index in [9.17, 15) is 4.79 Å². The first-order valence-electron chi connectivity index (χ1n) is 8.13. The van der Waals surface area contributed by atoms with Gasteiger partial charge in [0, 0.05) is 24.5 Å². The summed E-state index contributed by atoms with van der Waals surface area (Å²) < 4.78 is 5.36. The summed E-state index contributed by atoms with van der Waals surface area (Å²) in [6.07, 6.45) is 0. The molecule has 3 aromatic rings. The highest BCUT2D eigenvalue weighted by atomic mass is 16.5. The molecule has 7 heteroatoms. The molecule has 0 saturated carbocycles. The summed E-state index contributed by atoms with van der Waals surface area (Å²) >= 11 is 0. The highest BCUT2D eigenvalue weighted by molar-refractivity contribution is 6.02. The van der Waals surface area contributed by atoms with Gasteiger partial charge in [-0.15, -0.1) is 10.2 Å². The average molecular weight is 335 g/mol. The summed E-state index contributed by atoms with van der Waals surface area (Å²) in [6.45, 7) is 3.24. The van der Waals surface area contributed by atoms with Crippen LogP contribution in [0.15, 0.2) is 48.5 Å². The number of ether oxygens (including phenoxy) is 1. The molecule has 2 aromatic carbocycles. The second kappa shape index (κ2) is 6.82. The van der Waals surface area contributed by atoms with Gasteiger partial charge >= 0.3 is 0 Å². The number of rotatable bonds is 3. The maximum Gasteiger partial charge on any atom is 0.295 e. The number of morpholine rings is 1. The lowest BCUT2D eigenvalue weighted by atomic mass is 10.2. The van der Waals surface area contributed by atoms with Crippen LogP contribution in [-0.4, -0.2) is 47.4 Å². The molecule has 0 aliphatic carbocycles. The Morgan fingerprint density at radius 2 is 1.68 bits per heavy atom. The molecule has 1 fully saturated rings. The first-order valence-corrected chi connectivity index (χ1v) is 8.13. The number of para-hydroxylation sites is 1. The Labute approximate surface area is 144 Å². The van der Waals surface area contributed by atoms with Gasteiger partial charge in [-0.25, -0.2) is 4.98 Å². The second-order valence-electron chi connectivity index (χ2n) is 5.72. The van der Waals surface area contributed by atoms with Crippen molar-refractivity contribution in [3.63, 3.8) is 0 Å². The third kappa shape index (κ3) is 3.41. The summed E-state index contributed by atoms with van der Waals surface area (Å²) in [5.41, 5.74) is 3.11. The van der Waals surface area contributed by atoms with E-state index >= 15 is 0 Å². The molecular weight excluding hydrogens is 318 g/mol. The first kappa shape index (κ1) is 15.5. The quantitative estimate of drug-likeness (QED) is 0.790. The molecule has 126 valence electrons. The van der Waals surface area contributed by atoms with Crippen molar-refractivity contribution in [1.29, 1.82) is 0 Å². The molecule has 2 heterocycles. The standard InChI is InChI=1S/C18H17N5O2/c24-18(17-20-15-3-1-2-4-16(15)21-22-17)19-13-5-7-14(8-6-13)23-9-11-25-12-10-23/h1-8H,9-12H2,(H,19,24). The molecule has 1 aliphatic heterocycles. The number of carbonyl (C=O) groups excluding carboxylic acids is 1. The van der Waals surface area contributed by atoms with Gasteiger partial charge in [-0.05, 0) is 36.4 Å². The van der Waals surface area contributed by atoms with Gasteiger partial charge < -0.3 is 15.0 Å². The minimum Gasteiger partial charge on any atom is -0.378 e. The fourth-order valence-electron chi connectivity index (χ4n) is 2.74. The second-order valence-corrected chi connectivity index (χ2v) is 5.72. The number of hydrogen-bond donors (Lipinski definition) is 1. The van der Waals surface area contributed by atoms with Crippen molar-refractivity contribution in [3.05, 3.63) is 54.4 Å². The van der Waals surface area contributed by atoms with Gasteiger partial charge in [-0.1, -0.05) is 12.1 Å². The number of fused-ring (bicyclic) bond motifs is 1. The molecule has 1 aliphatic rings. The molecule has 0 spiro atoms. The maximum absolute atomic E-state index is 12.3. The Bertz CT molecular complexity index is 891. The van der Waals surface area contributed by atoms with E-state index in [1.165, 1.54) is 0 Å². The fraction of sp³-hybridized carbons (Fsp3) is 0.222. The van der Waals surface area contributed by atoms with E-state index in [0.29, 0.717) is 16.7 Å². The average Bonchev–Trinajstić information content (AvgIpc) is 2.69. The number of hydrogen-bond acceptors (Lipinski definition) is 6. The lowest BCUT2D eigenvalue weighted by Gasteiger charge is -2.28. The summed E-state index contributed by atoms with van der Waals surface area (Å²) in [5.74, 6) is -0.326. The van der Waals surface area contributed by atoms with E-state index in [0.717, 1.165) is 32.0 Å². The van der Waals surface area contributed by atoms with Gasteiger partial charge in [0.1, 0.15) is 5.52 Å². The van der Waals surface area contributed by atoms with Crippen molar-refractivity contribution >= 4 is 28.3 Å². The number of anilines is 2. The van der Waals surface area contributed by atoms with Crippen LogP contribution in [0.5, 0.6) is 0 Å². The van der Waals surface area contributed by atoms with E-state index in [2.05, 4.69) is 25.4 Å². The lowest BCUT2D eigenvalue weighted by Crippen LogP contribution is -2.36. The van der Waals surface area contributed by atoms with Crippen molar-refractivity contribution in [2.24, 2.45) is 0 Å². The van der Waals surface area contributed by atoms with Crippen LogP contribution in [0.2, 0.25) is 0 Å². The van der Waals surface area contributed by atoms with E-state index in [1.807, 2.05) is 36.4 Å². The van der Waals surface area contributed by atoms with E-state index in [-0.39, 0.29) is 11.7 Å². The SMILES string of the molecule is O=C(Nc1ccc(N2CCOCC2)cc1)c1nnc2ccccc2n1. The lowest BCUT2D eigenvalue weighted by molar-refractivity contribution is 0.101. The van der Waals surface area contributed by atoms with Crippen LogP contribution in [0.1, 0.15) is 10.6 Å². The summed E-state index contributed by atoms with van der Waals surface area (Å²) in [6, 6.07) is 15.0. The number of carbonyl (C=O) groups is 1. The highest BCUT2D eigenvalue weighted by Gasteiger charge is 2.13. The van der Waals surface area contributed by atoms with Crippen molar-refractivity contribution < 1.29 is 9.53 Å². The van der Waals surface area contributed by atoms with Gasteiger partial charge in [0.2, 0.25) is 5.82 Å². The maximum atomic E-state index is 12.3. The van der Waals surface area contributed by atoms with Crippen LogP contribution in [0, 0.1) is 0 Å². The minimum atomic E-state index is -0.377. The molecule has 7 nitrogen and oxygen atoms in total. The van der Waals surface area contributed by atoms with Gasteiger partial charge in [0.25, 0.3) is 5.91 Å². The Morgan fingerprint density at radius 3 is 2.44 bits per heavy atom. The summed E-state index contributed by atoms with van der Waals surface area (Å²) in [5, 5.41) is 10.7. The number of nitrogens with zero attached hydrogens (tertiary/aromatic N) is 4. The molecule has 0 atom stereocenters. The van der Waals surface area contributed by atoms with E-state index in [1.54, 1.807) is 12.1 Å². The molecule has 0 radical (unpaired) electrons. The van der Waals surface area contributed by atoms with Crippen molar-refractivity contribution in [2.75, 3.05) is 36.5 Å². The van der Waals surface area contributed by atoms with Crippen molar-refractivity contribution in [1.82, 2.24) is 15.2 Å². The topological polar surface area (TPSA) is 80.2 Å². The van der Waals surface area contributed by atoms with Crippen LogP contribution in [0.25, 0.3) is 11.0 Å². The third-order valence-corrected chi connectivity index (χ3v) is 4.07. The zero-order chi connectivity index (χ0) is 17.1. The first-order chi connectivity index (χ1) is 12.3.